The molecule has 2 bridgehead atoms. The van der Waals surface area contributed by atoms with Crippen molar-refractivity contribution in [2.45, 2.75) is 46.5 Å². The van der Waals surface area contributed by atoms with Gasteiger partial charge < -0.3 is 5.11 Å². The van der Waals surface area contributed by atoms with E-state index in [-0.39, 0.29) is 0 Å². The second-order valence-electron chi connectivity index (χ2n) is 7.11. The van der Waals surface area contributed by atoms with Crippen molar-refractivity contribution in [2.24, 2.45) is 23.2 Å². The van der Waals surface area contributed by atoms with Crippen LogP contribution >= 0.6 is 0 Å². The van der Waals surface area contributed by atoms with Gasteiger partial charge in [0.2, 0.25) is 0 Å². The van der Waals surface area contributed by atoms with E-state index in [4.69, 9.17) is 0 Å². The second kappa shape index (κ2) is 3.76. The lowest BCUT2D eigenvalue weighted by Crippen LogP contribution is -2.32. The lowest BCUT2D eigenvalue weighted by Gasteiger charge is -2.40. The first-order valence-corrected chi connectivity index (χ1v) is 7.20. The van der Waals surface area contributed by atoms with E-state index in [1.807, 2.05) is 13.0 Å². The van der Waals surface area contributed by atoms with Crippen molar-refractivity contribution >= 4 is 0 Å². The Labute approximate surface area is 110 Å². The molecule has 0 heterocycles. The number of aromatic hydroxyl groups is 1. The summed E-state index contributed by atoms with van der Waals surface area (Å²) in [5.41, 5.74) is 2.82. The van der Waals surface area contributed by atoms with Crippen LogP contribution in [0.25, 0.3) is 0 Å². The van der Waals surface area contributed by atoms with Gasteiger partial charge in [0, 0.05) is 0 Å². The van der Waals surface area contributed by atoms with E-state index in [0.717, 1.165) is 23.3 Å². The summed E-state index contributed by atoms with van der Waals surface area (Å²) in [4.78, 5) is 0. The minimum Gasteiger partial charge on any atom is -0.508 e. The fourth-order valence-corrected chi connectivity index (χ4v) is 4.48. The van der Waals surface area contributed by atoms with Crippen LogP contribution in [0.3, 0.4) is 0 Å². The molecule has 0 saturated heterocycles. The molecule has 2 saturated carbocycles. The molecule has 0 radical (unpaired) electrons. The molecule has 0 unspecified atom stereocenters. The Morgan fingerprint density at radius 3 is 2.50 bits per heavy atom. The molecule has 2 fully saturated rings. The van der Waals surface area contributed by atoms with Gasteiger partial charge in [0.1, 0.15) is 5.75 Å². The molecule has 1 nitrogen and oxygen atoms in total. The maximum absolute atomic E-state index is 10.2. The number of fused-ring (bicyclic) bond motifs is 2. The Balaban J connectivity index is 1.93. The van der Waals surface area contributed by atoms with E-state index >= 15 is 0 Å². The summed E-state index contributed by atoms with van der Waals surface area (Å²) >= 11 is 0. The Kier molecular flexibility index (Phi) is 2.52. The fraction of sp³-hybridized carbons (Fsp3) is 0.647. The van der Waals surface area contributed by atoms with E-state index in [0.29, 0.717) is 17.1 Å². The first-order chi connectivity index (χ1) is 8.41. The monoisotopic (exact) mass is 244 g/mol. The summed E-state index contributed by atoms with van der Waals surface area (Å²) in [7, 11) is 0. The third kappa shape index (κ3) is 1.52. The Morgan fingerprint density at radius 2 is 1.94 bits per heavy atom. The molecule has 1 heteroatoms. The van der Waals surface area contributed by atoms with Gasteiger partial charge in [-0.25, -0.2) is 0 Å². The summed E-state index contributed by atoms with van der Waals surface area (Å²) in [6.07, 6.45) is 2.62. The zero-order chi connectivity index (χ0) is 13.1. The molecule has 4 atom stereocenters. The molecule has 0 amide bonds. The standard InChI is InChI=1S/C17H24O/c1-10-5-6-13(16(18)7-10)15-9-12-8-14(15)11(2)17(12,3)4/h5-7,11-12,14-15,18H,8-9H2,1-4H3/t11-,12-,14+,15+/m1/s1. The number of phenols is 1. The van der Waals surface area contributed by atoms with Crippen LogP contribution in [0.15, 0.2) is 18.2 Å². The minimum absolute atomic E-state index is 0.488. The number of hydrogen-bond acceptors (Lipinski definition) is 1. The Morgan fingerprint density at radius 1 is 1.22 bits per heavy atom. The number of benzene rings is 1. The van der Waals surface area contributed by atoms with Crippen LogP contribution in [-0.2, 0) is 0 Å². The maximum atomic E-state index is 10.2. The summed E-state index contributed by atoms with van der Waals surface area (Å²) in [6, 6.07) is 6.20. The molecule has 98 valence electrons. The Hall–Kier alpha value is -0.980. The average Bonchev–Trinajstić information content (AvgIpc) is 2.79. The van der Waals surface area contributed by atoms with Crippen molar-refractivity contribution in [3.05, 3.63) is 29.3 Å². The van der Waals surface area contributed by atoms with Crippen molar-refractivity contribution in [2.75, 3.05) is 0 Å². The molecule has 2 aliphatic carbocycles. The summed E-state index contributed by atoms with van der Waals surface area (Å²) < 4.78 is 0. The molecule has 2 aliphatic rings. The van der Waals surface area contributed by atoms with E-state index in [1.54, 1.807) is 0 Å². The molecular weight excluding hydrogens is 220 g/mol. The summed E-state index contributed by atoms with van der Waals surface area (Å²) in [6.45, 7) is 9.29. The van der Waals surface area contributed by atoms with Crippen molar-refractivity contribution < 1.29 is 5.11 Å². The second-order valence-corrected chi connectivity index (χ2v) is 7.11. The van der Waals surface area contributed by atoms with Crippen molar-refractivity contribution in [3.8, 4) is 5.75 Å². The first kappa shape index (κ1) is 12.1. The molecule has 0 aromatic heterocycles. The van der Waals surface area contributed by atoms with E-state index in [2.05, 4.69) is 32.9 Å². The van der Waals surface area contributed by atoms with Crippen LogP contribution in [0.5, 0.6) is 5.75 Å². The van der Waals surface area contributed by atoms with Crippen LogP contribution in [0.4, 0.5) is 0 Å². The third-order valence-electron chi connectivity index (χ3n) is 6.07. The predicted molar refractivity (Wildman–Crippen MR) is 74.7 cm³/mol. The predicted octanol–water partition coefficient (Wildman–Crippen LogP) is 4.49. The fourth-order valence-electron chi connectivity index (χ4n) is 4.48. The van der Waals surface area contributed by atoms with Crippen LogP contribution in [-0.4, -0.2) is 5.11 Å². The van der Waals surface area contributed by atoms with Gasteiger partial charge in [0.25, 0.3) is 0 Å². The largest absolute Gasteiger partial charge is 0.508 e. The molecule has 0 spiro atoms. The lowest BCUT2D eigenvalue weighted by atomic mass is 9.65. The van der Waals surface area contributed by atoms with Gasteiger partial charge in [-0.3, -0.25) is 0 Å². The van der Waals surface area contributed by atoms with Crippen LogP contribution in [0, 0.1) is 30.1 Å². The molecule has 0 aliphatic heterocycles. The van der Waals surface area contributed by atoms with Crippen LogP contribution in [0.2, 0.25) is 0 Å². The zero-order valence-electron chi connectivity index (χ0n) is 11.9. The number of rotatable bonds is 1. The van der Waals surface area contributed by atoms with Gasteiger partial charge in [0.15, 0.2) is 0 Å². The molecule has 1 N–H and O–H groups in total. The molecule has 3 rings (SSSR count). The van der Waals surface area contributed by atoms with Gasteiger partial charge >= 0.3 is 0 Å². The normalized spacial score (nSPS) is 37.1. The zero-order valence-corrected chi connectivity index (χ0v) is 11.9. The van der Waals surface area contributed by atoms with Gasteiger partial charge in [-0.05, 0) is 66.0 Å². The maximum Gasteiger partial charge on any atom is 0.119 e. The SMILES string of the molecule is Cc1ccc([C@@H]2C[C@H]3C[C@H]2[C@@H](C)C3(C)C)c(O)c1. The number of aryl methyl sites for hydroxylation is 1. The molecule has 1 aromatic carbocycles. The highest BCUT2D eigenvalue weighted by Crippen LogP contribution is 2.64. The quantitative estimate of drug-likeness (QED) is 0.772. The van der Waals surface area contributed by atoms with E-state index < -0.39 is 0 Å². The van der Waals surface area contributed by atoms with E-state index in [1.165, 1.54) is 18.4 Å². The first-order valence-electron chi connectivity index (χ1n) is 7.20. The topological polar surface area (TPSA) is 20.2 Å². The smallest absolute Gasteiger partial charge is 0.119 e. The third-order valence-corrected chi connectivity index (χ3v) is 6.07. The van der Waals surface area contributed by atoms with Crippen molar-refractivity contribution in [1.82, 2.24) is 0 Å². The minimum atomic E-state index is 0.488. The van der Waals surface area contributed by atoms with Crippen LogP contribution < -0.4 is 0 Å². The highest BCUT2D eigenvalue weighted by Gasteiger charge is 2.55. The van der Waals surface area contributed by atoms with Gasteiger partial charge in [-0.1, -0.05) is 32.9 Å². The Bertz CT molecular complexity index is 470. The van der Waals surface area contributed by atoms with Crippen molar-refractivity contribution in [3.63, 3.8) is 0 Å². The molecular formula is C17H24O. The lowest BCUT2D eigenvalue weighted by molar-refractivity contribution is 0.121. The van der Waals surface area contributed by atoms with Gasteiger partial charge in [0.05, 0.1) is 0 Å². The summed E-state index contributed by atoms with van der Waals surface area (Å²) in [5.74, 6) is 3.46. The molecule has 18 heavy (non-hydrogen) atoms. The van der Waals surface area contributed by atoms with Gasteiger partial charge in [-0.15, -0.1) is 0 Å². The summed E-state index contributed by atoms with van der Waals surface area (Å²) in [5, 5.41) is 10.2. The number of phenolic OH excluding ortho intramolecular Hbond substituents is 1. The van der Waals surface area contributed by atoms with Gasteiger partial charge in [-0.2, -0.15) is 0 Å². The average molecular weight is 244 g/mol. The highest BCUT2D eigenvalue weighted by molar-refractivity contribution is 5.40. The van der Waals surface area contributed by atoms with E-state index in [9.17, 15) is 5.11 Å². The highest BCUT2D eigenvalue weighted by atomic mass is 16.3. The van der Waals surface area contributed by atoms with Crippen LogP contribution in [0.1, 0.15) is 50.7 Å². The molecule has 1 aromatic rings. The van der Waals surface area contributed by atoms with Crippen molar-refractivity contribution in [1.29, 1.82) is 0 Å². The number of hydrogen-bond donors (Lipinski definition) is 1.